The summed E-state index contributed by atoms with van der Waals surface area (Å²) >= 11 is 1.78. The van der Waals surface area contributed by atoms with Gasteiger partial charge >= 0.3 is 6.03 Å². The molecular weight excluding hydrogens is 384 g/mol. The van der Waals surface area contributed by atoms with Crippen LogP contribution in [0.2, 0.25) is 0 Å². The fourth-order valence-electron chi connectivity index (χ4n) is 4.95. The molecule has 2 aromatic rings. The minimum Gasteiger partial charge on any atom is -0.354 e. The topological polar surface area (TPSA) is 64.6 Å². The smallest absolute Gasteiger partial charge is 0.317 e. The van der Waals surface area contributed by atoms with Gasteiger partial charge in [0, 0.05) is 31.1 Å². The molecule has 0 bridgehead atoms. The average Bonchev–Trinajstić information content (AvgIpc) is 3.44. The van der Waals surface area contributed by atoms with Crippen LogP contribution in [0.15, 0.2) is 0 Å². The van der Waals surface area contributed by atoms with Gasteiger partial charge in [0.15, 0.2) is 0 Å². The van der Waals surface area contributed by atoms with Crippen LogP contribution in [-0.4, -0.2) is 71.1 Å². The van der Waals surface area contributed by atoms with Crippen LogP contribution >= 0.6 is 11.3 Å². The van der Waals surface area contributed by atoms with E-state index < -0.39 is 0 Å². The maximum absolute atomic E-state index is 12.2. The molecule has 1 N–H and O–H groups in total. The first kappa shape index (κ1) is 19.1. The highest BCUT2D eigenvalue weighted by molar-refractivity contribution is 7.18. The fraction of sp³-hybridized carbons (Fsp3) is 0.667. The number of carbonyl (C=O) groups is 1. The largest absolute Gasteiger partial charge is 0.354 e. The molecule has 0 aromatic carbocycles. The Morgan fingerprint density at radius 3 is 2.69 bits per heavy atom. The van der Waals surface area contributed by atoms with E-state index in [2.05, 4.69) is 29.0 Å². The normalized spacial score (nSPS) is 23.4. The maximum Gasteiger partial charge on any atom is 0.317 e. The third-order valence-corrected chi connectivity index (χ3v) is 7.75. The predicted octanol–water partition coefficient (Wildman–Crippen LogP) is 2.90. The first-order valence-electron chi connectivity index (χ1n) is 10.9. The molecule has 1 atom stereocenters. The molecule has 156 valence electrons. The fourth-order valence-corrected chi connectivity index (χ4v) is 5.99. The number of amides is 2. The van der Waals surface area contributed by atoms with Gasteiger partial charge in [0.2, 0.25) is 0 Å². The Kier molecular flexibility index (Phi) is 5.07. The number of hydrogen-bond donors (Lipinski definition) is 1. The SMILES string of the molecule is Cc1sc2nc(CN3CCCC3)nc(N3CCCC(N4CCNC4=O)C3)c2c1C. The number of nitrogens with one attached hydrogen (secondary N) is 1. The second-order valence-corrected chi connectivity index (χ2v) is 9.78. The summed E-state index contributed by atoms with van der Waals surface area (Å²) < 4.78 is 0. The van der Waals surface area contributed by atoms with Crippen molar-refractivity contribution in [2.45, 2.75) is 52.1 Å². The van der Waals surface area contributed by atoms with Gasteiger partial charge in [0.05, 0.1) is 18.0 Å². The summed E-state index contributed by atoms with van der Waals surface area (Å²) in [6.07, 6.45) is 4.71. The molecule has 8 heteroatoms. The summed E-state index contributed by atoms with van der Waals surface area (Å²) in [7, 11) is 0. The lowest BCUT2D eigenvalue weighted by Crippen LogP contribution is -2.49. The van der Waals surface area contributed by atoms with E-state index in [1.807, 2.05) is 4.90 Å². The number of thiophene rings is 1. The molecule has 3 aliphatic heterocycles. The van der Waals surface area contributed by atoms with Crippen molar-refractivity contribution < 1.29 is 4.79 Å². The van der Waals surface area contributed by atoms with E-state index in [4.69, 9.17) is 9.97 Å². The van der Waals surface area contributed by atoms with Crippen molar-refractivity contribution in [1.82, 2.24) is 25.1 Å². The number of urea groups is 1. The second kappa shape index (κ2) is 7.72. The van der Waals surface area contributed by atoms with Crippen molar-refractivity contribution in [3.05, 3.63) is 16.3 Å². The standard InChI is InChI=1S/C21H30N6OS/c1-14-15(2)29-20-18(14)19(23-17(24-20)13-25-8-3-4-9-25)26-10-5-6-16(12-26)27-11-7-22-21(27)28/h16H,3-13H2,1-2H3,(H,22,28). The molecule has 0 spiro atoms. The van der Waals surface area contributed by atoms with Crippen molar-refractivity contribution in [2.24, 2.45) is 0 Å². The van der Waals surface area contributed by atoms with Gasteiger partial charge in [-0.25, -0.2) is 14.8 Å². The zero-order chi connectivity index (χ0) is 20.0. The lowest BCUT2D eigenvalue weighted by Gasteiger charge is -2.38. The number of anilines is 1. The van der Waals surface area contributed by atoms with Gasteiger partial charge in [-0.15, -0.1) is 11.3 Å². The van der Waals surface area contributed by atoms with Crippen LogP contribution in [0.5, 0.6) is 0 Å². The third-order valence-electron chi connectivity index (χ3n) is 6.65. The van der Waals surface area contributed by atoms with Gasteiger partial charge in [-0.3, -0.25) is 4.90 Å². The average molecular weight is 415 g/mol. The van der Waals surface area contributed by atoms with Crippen LogP contribution in [0.25, 0.3) is 10.2 Å². The Morgan fingerprint density at radius 2 is 1.93 bits per heavy atom. The number of carbonyl (C=O) groups excluding carboxylic acids is 1. The summed E-state index contributed by atoms with van der Waals surface area (Å²) in [4.78, 5) is 31.6. The van der Waals surface area contributed by atoms with E-state index in [0.717, 1.165) is 75.1 Å². The highest BCUT2D eigenvalue weighted by Crippen LogP contribution is 2.36. The summed E-state index contributed by atoms with van der Waals surface area (Å²) in [5.41, 5.74) is 1.30. The minimum atomic E-state index is 0.0852. The lowest BCUT2D eigenvalue weighted by molar-refractivity contribution is 0.189. The van der Waals surface area contributed by atoms with E-state index >= 15 is 0 Å². The number of hydrogen-bond acceptors (Lipinski definition) is 6. The number of piperidine rings is 1. The highest BCUT2D eigenvalue weighted by atomic mass is 32.1. The van der Waals surface area contributed by atoms with Crippen LogP contribution < -0.4 is 10.2 Å². The quantitative estimate of drug-likeness (QED) is 0.833. The van der Waals surface area contributed by atoms with E-state index in [-0.39, 0.29) is 12.1 Å². The van der Waals surface area contributed by atoms with E-state index in [1.54, 1.807) is 11.3 Å². The number of aryl methyl sites for hydroxylation is 2. The molecule has 3 saturated heterocycles. The van der Waals surface area contributed by atoms with Crippen molar-refractivity contribution in [3.63, 3.8) is 0 Å². The number of nitrogens with zero attached hydrogens (tertiary/aromatic N) is 5. The van der Waals surface area contributed by atoms with Crippen molar-refractivity contribution in [1.29, 1.82) is 0 Å². The van der Waals surface area contributed by atoms with Gasteiger partial charge in [-0.05, 0) is 58.2 Å². The van der Waals surface area contributed by atoms with E-state index in [0.29, 0.717) is 0 Å². The molecule has 29 heavy (non-hydrogen) atoms. The van der Waals surface area contributed by atoms with Gasteiger partial charge < -0.3 is 15.1 Å². The molecule has 0 aliphatic carbocycles. The molecule has 3 fully saturated rings. The Bertz CT molecular complexity index is 922. The zero-order valence-electron chi connectivity index (χ0n) is 17.4. The molecular formula is C21H30N6OS. The van der Waals surface area contributed by atoms with Crippen LogP contribution in [-0.2, 0) is 6.54 Å². The van der Waals surface area contributed by atoms with Gasteiger partial charge in [-0.1, -0.05) is 0 Å². The molecule has 0 saturated carbocycles. The first-order valence-corrected chi connectivity index (χ1v) is 11.7. The molecule has 1 unspecified atom stereocenters. The molecule has 7 nitrogen and oxygen atoms in total. The molecule has 0 radical (unpaired) electrons. The number of rotatable bonds is 4. The molecule has 3 aliphatic rings. The van der Waals surface area contributed by atoms with Crippen LogP contribution in [0.4, 0.5) is 10.6 Å². The zero-order valence-corrected chi connectivity index (χ0v) is 18.2. The Hall–Kier alpha value is -1.93. The molecule has 5 heterocycles. The third kappa shape index (κ3) is 3.57. The predicted molar refractivity (Wildman–Crippen MR) is 117 cm³/mol. The first-order chi connectivity index (χ1) is 14.1. The van der Waals surface area contributed by atoms with Crippen molar-refractivity contribution >= 4 is 33.4 Å². The van der Waals surface area contributed by atoms with E-state index in [1.165, 1.54) is 28.7 Å². The molecule has 5 rings (SSSR count). The number of fused-ring (bicyclic) bond motifs is 1. The van der Waals surface area contributed by atoms with Crippen molar-refractivity contribution in [2.75, 3.05) is 44.2 Å². The summed E-state index contributed by atoms with van der Waals surface area (Å²) in [5.74, 6) is 2.02. The Morgan fingerprint density at radius 1 is 1.10 bits per heavy atom. The number of likely N-dealkylation sites (tertiary alicyclic amines) is 1. The van der Waals surface area contributed by atoms with E-state index in [9.17, 15) is 4.79 Å². The Labute approximate surface area is 176 Å². The maximum atomic E-state index is 12.2. The minimum absolute atomic E-state index is 0.0852. The number of aromatic nitrogens is 2. The molecule has 2 aromatic heterocycles. The van der Waals surface area contributed by atoms with Crippen LogP contribution in [0, 0.1) is 13.8 Å². The van der Waals surface area contributed by atoms with Crippen LogP contribution in [0.3, 0.4) is 0 Å². The van der Waals surface area contributed by atoms with Gasteiger partial charge in [-0.2, -0.15) is 0 Å². The monoisotopic (exact) mass is 414 g/mol. The lowest BCUT2D eigenvalue weighted by atomic mass is 10.0. The van der Waals surface area contributed by atoms with Crippen molar-refractivity contribution in [3.8, 4) is 0 Å². The molecule has 2 amide bonds. The summed E-state index contributed by atoms with van der Waals surface area (Å²) in [6, 6.07) is 0.348. The van der Waals surface area contributed by atoms with Gasteiger partial charge in [0.1, 0.15) is 16.5 Å². The highest BCUT2D eigenvalue weighted by Gasteiger charge is 2.33. The summed E-state index contributed by atoms with van der Waals surface area (Å²) in [5, 5.41) is 4.16. The van der Waals surface area contributed by atoms with Gasteiger partial charge in [0.25, 0.3) is 0 Å². The second-order valence-electron chi connectivity index (χ2n) is 8.58. The van der Waals surface area contributed by atoms with Crippen LogP contribution in [0.1, 0.15) is 41.9 Å². The summed E-state index contributed by atoms with van der Waals surface area (Å²) in [6.45, 7) is 10.9. The Balaban J connectivity index is 1.49.